The number of nitrogens with one attached hydrogen (secondary N) is 1. The van der Waals surface area contributed by atoms with E-state index in [1.54, 1.807) is 20.8 Å². The van der Waals surface area contributed by atoms with E-state index in [1.165, 1.54) is 13.8 Å². The van der Waals surface area contributed by atoms with E-state index < -0.39 is 38.2 Å². The van der Waals surface area contributed by atoms with Crippen LogP contribution in [0, 0.1) is 10.1 Å². The smallest absolute Gasteiger partial charge is 0.324 e. The molecule has 10 heteroatoms. The number of carbonyl (C=O) groups is 1. The van der Waals surface area contributed by atoms with Crippen LogP contribution in [-0.4, -0.2) is 41.7 Å². The minimum absolute atomic E-state index is 0.214. The van der Waals surface area contributed by atoms with Gasteiger partial charge in [-0.2, -0.15) is 4.72 Å². The molecule has 0 heterocycles. The van der Waals surface area contributed by atoms with Gasteiger partial charge in [0.15, 0.2) is 0 Å². The maximum absolute atomic E-state index is 12.5. The summed E-state index contributed by atoms with van der Waals surface area (Å²) >= 11 is 0. The van der Waals surface area contributed by atoms with Gasteiger partial charge in [-0.1, -0.05) is 0 Å². The SMILES string of the molecule is CC(C)(O)C[C@H](NS(=O)(=O)c1ccc([N+](=O)[O-])cc1)C(=O)OC(C)(C)C. The fraction of sp³-hybridized carbons (Fsp3) is 0.562. The Hall–Kier alpha value is -2.04. The summed E-state index contributed by atoms with van der Waals surface area (Å²) in [6.45, 7) is 7.78. The molecule has 0 aliphatic rings. The van der Waals surface area contributed by atoms with E-state index in [0.29, 0.717) is 0 Å². The van der Waals surface area contributed by atoms with Crippen LogP contribution in [-0.2, 0) is 19.6 Å². The number of sulfonamides is 1. The number of ether oxygens (including phenoxy) is 1. The lowest BCUT2D eigenvalue weighted by Crippen LogP contribution is -2.47. The summed E-state index contributed by atoms with van der Waals surface area (Å²) in [5.41, 5.74) is -2.43. The highest BCUT2D eigenvalue weighted by Gasteiger charge is 2.34. The number of non-ortho nitro benzene ring substituents is 1. The predicted octanol–water partition coefficient (Wildman–Crippen LogP) is 1.74. The third kappa shape index (κ3) is 7.06. The number of rotatable bonds is 7. The van der Waals surface area contributed by atoms with Crippen molar-refractivity contribution in [1.82, 2.24) is 4.72 Å². The number of carbonyl (C=O) groups excluding carboxylic acids is 1. The van der Waals surface area contributed by atoms with Gasteiger partial charge in [-0.15, -0.1) is 0 Å². The van der Waals surface area contributed by atoms with Crippen LogP contribution in [0.5, 0.6) is 0 Å². The van der Waals surface area contributed by atoms with Crippen molar-refractivity contribution in [3.63, 3.8) is 0 Å². The molecule has 2 N–H and O–H groups in total. The van der Waals surface area contributed by atoms with Crippen LogP contribution < -0.4 is 4.72 Å². The second-order valence-electron chi connectivity index (χ2n) is 7.47. The van der Waals surface area contributed by atoms with Crippen LogP contribution in [0.1, 0.15) is 41.0 Å². The quantitative estimate of drug-likeness (QED) is 0.412. The van der Waals surface area contributed by atoms with Gasteiger partial charge >= 0.3 is 5.97 Å². The predicted molar refractivity (Wildman–Crippen MR) is 94.0 cm³/mol. The lowest BCUT2D eigenvalue weighted by atomic mass is 10.00. The Morgan fingerprint density at radius 3 is 2.12 bits per heavy atom. The van der Waals surface area contributed by atoms with Gasteiger partial charge in [0.1, 0.15) is 11.6 Å². The Bertz CT molecular complexity index is 759. The summed E-state index contributed by atoms with van der Waals surface area (Å²) in [5.74, 6) is -0.829. The number of nitro benzene ring substituents is 1. The molecule has 0 aromatic heterocycles. The Labute approximate surface area is 152 Å². The minimum Gasteiger partial charge on any atom is -0.459 e. The molecule has 0 bridgehead atoms. The van der Waals surface area contributed by atoms with E-state index in [9.17, 15) is 28.4 Å². The lowest BCUT2D eigenvalue weighted by molar-refractivity contribution is -0.384. The van der Waals surface area contributed by atoms with Gasteiger partial charge in [0, 0.05) is 18.6 Å². The van der Waals surface area contributed by atoms with Crippen molar-refractivity contribution in [2.45, 2.75) is 63.2 Å². The van der Waals surface area contributed by atoms with Crippen LogP contribution in [0.3, 0.4) is 0 Å². The highest BCUT2D eigenvalue weighted by atomic mass is 32.2. The van der Waals surface area contributed by atoms with Gasteiger partial charge in [0.05, 0.1) is 15.4 Å². The average Bonchev–Trinajstić information content (AvgIpc) is 2.43. The normalized spacial score (nSPS) is 13.9. The van der Waals surface area contributed by atoms with Crippen LogP contribution in [0.4, 0.5) is 5.69 Å². The molecule has 0 spiro atoms. The Kier molecular flexibility index (Phi) is 6.50. The summed E-state index contributed by atoms with van der Waals surface area (Å²) in [6.07, 6.45) is -0.214. The van der Waals surface area contributed by atoms with Crippen molar-refractivity contribution in [3.8, 4) is 0 Å². The van der Waals surface area contributed by atoms with Crippen molar-refractivity contribution in [2.75, 3.05) is 0 Å². The number of hydrogen-bond acceptors (Lipinski definition) is 7. The topological polar surface area (TPSA) is 136 Å². The molecule has 0 amide bonds. The first-order valence-electron chi connectivity index (χ1n) is 7.83. The molecule has 0 fully saturated rings. The summed E-state index contributed by atoms with van der Waals surface area (Å²) < 4.78 is 32.4. The van der Waals surface area contributed by atoms with Crippen LogP contribution in [0.15, 0.2) is 29.2 Å². The van der Waals surface area contributed by atoms with Gasteiger partial charge in [0.25, 0.3) is 5.69 Å². The fourth-order valence-electron chi connectivity index (χ4n) is 2.05. The van der Waals surface area contributed by atoms with E-state index in [0.717, 1.165) is 24.3 Å². The third-order valence-electron chi connectivity index (χ3n) is 3.05. The molecule has 1 atom stereocenters. The molecule has 26 heavy (non-hydrogen) atoms. The zero-order valence-corrected chi connectivity index (χ0v) is 16.2. The second-order valence-corrected chi connectivity index (χ2v) is 9.19. The van der Waals surface area contributed by atoms with Crippen molar-refractivity contribution in [3.05, 3.63) is 34.4 Å². The number of esters is 1. The Balaban J connectivity index is 3.11. The molecule has 1 aromatic carbocycles. The zero-order chi connectivity index (χ0) is 20.3. The highest BCUT2D eigenvalue weighted by Crippen LogP contribution is 2.20. The molecule has 0 aliphatic carbocycles. The summed E-state index contributed by atoms with van der Waals surface area (Å²) in [7, 11) is -4.16. The maximum atomic E-state index is 12.5. The van der Waals surface area contributed by atoms with Crippen molar-refractivity contribution >= 4 is 21.7 Å². The maximum Gasteiger partial charge on any atom is 0.324 e. The van der Waals surface area contributed by atoms with E-state index in [4.69, 9.17) is 4.74 Å². The number of benzene rings is 1. The molecule has 146 valence electrons. The summed E-state index contributed by atoms with van der Waals surface area (Å²) in [5, 5.41) is 20.7. The van der Waals surface area contributed by atoms with Crippen LogP contribution in [0.25, 0.3) is 0 Å². The number of aliphatic hydroxyl groups is 1. The average molecular weight is 388 g/mol. The first-order chi connectivity index (χ1) is 11.6. The molecular weight excluding hydrogens is 364 g/mol. The first kappa shape index (κ1) is 22.0. The Morgan fingerprint density at radius 2 is 1.73 bits per heavy atom. The minimum atomic E-state index is -4.16. The van der Waals surface area contributed by atoms with Crippen LogP contribution >= 0.6 is 0 Å². The first-order valence-corrected chi connectivity index (χ1v) is 9.31. The molecule has 9 nitrogen and oxygen atoms in total. The fourth-order valence-corrected chi connectivity index (χ4v) is 3.23. The van der Waals surface area contributed by atoms with Gasteiger partial charge < -0.3 is 9.84 Å². The van der Waals surface area contributed by atoms with E-state index in [-0.39, 0.29) is 17.0 Å². The molecule has 1 rings (SSSR count). The van der Waals surface area contributed by atoms with Crippen molar-refractivity contribution < 1.29 is 28.0 Å². The van der Waals surface area contributed by atoms with Crippen LogP contribution in [0.2, 0.25) is 0 Å². The monoisotopic (exact) mass is 388 g/mol. The molecule has 0 aliphatic heterocycles. The Morgan fingerprint density at radius 1 is 1.23 bits per heavy atom. The molecule has 0 radical (unpaired) electrons. The third-order valence-corrected chi connectivity index (χ3v) is 4.54. The van der Waals surface area contributed by atoms with E-state index in [1.807, 2.05) is 0 Å². The van der Waals surface area contributed by atoms with E-state index >= 15 is 0 Å². The molecule has 0 saturated heterocycles. The lowest BCUT2D eigenvalue weighted by Gasteiger charge is -2.28. The van der Waals surface area contributed by atoms with Crippen molar-refractivity contribution in [2.24, 2.45) is 0 Å². The van der Waals surface area contributed by atoms with Gasteiger partial charge in [0.2, 0.25) is 10.0 Å². The molecule has 1 aromatic rings. The zero-order valence-electron chi connectivity index (χ0n) is 15.3. The summed E-state index contributed by atoms with van der Waals surface area (Å²) in [6, 6.07) is 2.91. The van der Waals surface area contributed by atoms with Gasteiger partial charge in [-0.25, -0.2) is 8.42 Å². The molecule has 0 saturated carbocycles. The summed E-state index contributed by atoms with van der Waals surface area (Å²) in [4.78, 5) is 22.1. The van der Waals surface area contributed by atoms with Crippen molar-refractivity contribution in [1.29, 1.82) is 0 Å². The second kappa shape index (κ2) is 7.68. The highest BCUT2D eigenvalue weighted by molar-refractivity contribution is 7.89. The number of hydrogen-bond donors (Lipinski definition) is 2. The van der Waals surface area contributed by atoms with Gasteiger partial charge in [-0.3, -0.25) is 14.9 Å². The molecular formula is C16H24N2O7S. The number of nitro groups is 1. The molecule has 0 unspecified atom stereocenters. The largest absolute Gasteiger partial charge is 0.459 e. The standard InChI is InChI=1S/C16H24N2O7S/c1-15(2,3)25-14(19)13(10-16(4,5)20)17-26(23,24)12-8-6-11(7-9-12)18(21)22/h6-9,13,17,20H,10H2,1-5H3/t13-/m0/s1. The van der Waals surface area contributed by atoms with E-state index in [2.05, 4.69) is 4.72 Å². The van der Waals surface area contributed by atoms with Gasteiger partial charge in [-0.05, 0) is 46.8 Å². The number of nitrogens with zero attached hydrogens (tertiary/aromatic N) is 1.